The number of benzene rings is 3. The summed E-state index contributed by atoms with van der Waals surface area (Å²) < 4.78 is 15.6. The molecule has 1 aliphatic rings. The number of rotatable bonds is 7. The van der Waals surface area contributed by atoms with Crippen molar-refractivity contribution in [3.05, 3.63) is 120 Å². The van der Waals surface area contributed by atoms with E-state index in [2.05, 4.69) is 12.1 Å². The maximum atomic E-state index is 13.1. The van der Waals surface area contributed by atoms with Crippen LogP contribution < -0.4 is 9.47 Å². The molecule has 1 aliphatic heterocycles. The number of methoxy groups -OCH3 is 1. The molecule has 0 radical (unpaired) electrons. The van der Waals surface area contributed by atoms with Gasteiger partial charge in [-0.15, -0.1) is 0 Å². The van der Waals surface area contributed by atoms with Crippen molar-refractivity contribution in [3.8, 4) is 28.4 Å². The average molecular weight is 462 g/mol. The van der Waals surface area contributed by atoms with Crippen LogP contribution in [0, 0.1) is 0 Å². The van der Waals surface area contributed by atoms with Crippen molar-refractivity contribution in [3.63, 3.8) is 0 Å². The van der Waals surface area contributed by atoms with Gasteiger partial charge in [-0.1, -0.05) is 60.7 Å². The Labute approximate surface area is 203 Å². The molecule has 6 heteroatoms. The molecule has 5 aromatic rings. The van der Waals surface area contributed by atoms with E-state index >= 15 is 0 Å². The predicted octanol–water partition coefficient (Wildman–Crippen LogP) is 5.52. The standard InChI is InChI=1S/C29H23N3O3/c1-34-24-15-14-22(17-25(24)35-19-21-11-6-3-7-12-21)27-28-26(29(33)23-13-8-16-31(23)28)30-32(27)18-20-9-4-2-5-10-20/h2-17H,18-19H2,1H3. The zero-order valence-corrected chi connectivity index (χ0v) is 19.2. The molecule has 3 heterocycles. The van der Waals surface area contributed by atoms with Gasteiger partial charge >= 0.3 is 0 Å². The predicted molar refractivity (Wildman–Crippen MR) is 133 cm³/mol. The van der Waals surface area contributed by atoms with E-state index in [1.807, 2.05) is 94.3 Å². The molecule has 2 aromatic heterocycles. The van der Waals surface area contributed by atoms with Gasteiger partial charge in [0.1, 0.15) is 12.3 Å². The van der Waals surface area contributed by atoms with E-state index in [0.717, 1.165) is 28.1 Å². The maximum Gasteiger partial charge on any atom is 0.232 e. The second-order valence-electron chi connectivity index (χ2n) is 8.42. The quantitative estimate of drug-likeness (QED) is 0.314. The van der Waals surface area contributed by atoms with Gasteiger partial charge in [-0.05, 0) is 41.5 Å². The molecule has 0 spiro atoms. The Morgan fingerprint density at radius 2 is 1.57 bits per heavy atom. The molecule has 172 valence electrons. The van der Waals surface area contributed by atoms with Crippen molar-refractivity contribution in [2.24, 2.45) is 0 Å². The van der Waals surface area contributed by atoms with Gasteiger partial charge in [0.2, 0.25) is 5.78 Å². The summed E-state index contributed by atoms with van der Waals surface area (Å²) in [6.45, 7) is 0.960. The van der Waals surface area contributed by atoms with Crippen molar-refractivity contribution in [2.45, 2.75) is 13.2 Å². The Balaban J connectivity index is 1.46. The van der Waals surface area contributed by atoms with Crippen LogP contribution in [0.1, 0.15) is 27.3 Å². The largest absolute Gasteiger partial charge is 0.493 e. The first-order chi connectivity index (χ1) is 17.2. The molecule has 0 amide bonds. The highest BCUT2D eigenvalue weighted by Gasteiger charge is 2.34. The highest BCUT2D eigenvalue weighted by atomic mass is 16.5. The van der Waals surface area contributed by atoms with Crippen molar-refractivity contribution in [1.29, 1.82) is 0 Å². The lowest BCUT2D eigenvalue weighted by Gasteiger charge is -2.15. The van der Waals surface area contributed by atoms with Gasteiger partial charge in [0.15, 0.2) is 17.2 Å². The zero-order valence-electron chi connectivity index (χ0n) is 19.2. The highest BCUT2D eigenvalue weighted by molar-refractivity contribution is 6.14. The first-order valence-corrected chi connectivity index (χ1v) is 11.4. The SMILES string of the molecule is COc1ccc(-c2c3c(nn2Cc2ccccc2)C(=O)c2cccn2-3)cc1OCc1ccccc1. The van der Waals surface area contributed by atoms with Crippen LogP contribution in [0.4, 0.5) is 0 Å². The van der Waals surface area contributed by atoms with Gasteiger partial charge in [-0.3, -0.25) is 9.48 Å². The summed E-state index contributed by atoms with van der Waals surface area (Å²) in [5.41, 5.74) is 5.82. The molecule has 0 saturated carbocycles. The molecule has 0 bridgehead atoms. The van der Waals surface area contributed by atoms with Crippen molar-refractivity contribution >= 4 is 5.78 Å². The monoisotopic (exact) mass is 461 g/mol. The number of ketones is 1. The minimum Gasteiger partial charge on any atom is -0.493 e. The second kappa shape index (κ2) is 8.65. The van der Waals surface area contributed by atoms with Crippen molar-refractivity contribution < 1.29 is 14.3 Å². The smallest absolute Gasteiger partial charge is 0.232 e. The van der Waals surface area contributed by atoms with E-state index in [4.69, 9.17) is 14.6 Å². The van der Waals surface area contributed by atoms with E-state index in [1.165, 1.54) is 0 Å². The summed E-state index contributed by atoms with van der Waals surface area (Å²) in [6.07, 6.45) is 1.91. The van der Waals surface area contributed by atoms with Gasteiger partial charge in [-0.25, -0.2) is 0 Å². The number of carbonyl (C=O) groups excluding carboxylic acids is 1. The summed E-state index contributed by atoms with van der Waals surface area (Å²) in [5.74, 6) is 1.22. The molecule has 0 saturated heterocycles. The summed E-state index contributed by atoms with van der Waals surface area (Å²) in [7, 11) is 1.63. The average Bonchev–Trinajstić information content (AvgIpc) is 3.58. The van der Waals surface area contributed by atoms with Crippen LogP contribution in [-0.4, -0.2) is 27.2 Å². The number of hydrogen-bond acceptors (Lipinski definition) is 4. The van der Waals surface area contributed by atoms with Crippen LogP contribution in [0.5, 0.6) is 11.5 Å². The molecule has 35 heavy (non-hydrogen) atoms. The van der Waals surface area contributed by atoms with Crippen LogP contribution in [0.3, 0.4) is 0 Å². The minimum atomic E-state index is -0.0628. The molecule has 6 rings (SSSR count). The summed E-state index contributed by atoms with van der Waals surface area (Å²) in [5, 5.41) is 4.77. The lowest BCUT2D eigenvalue weighted by atomic mass is 10.1. The van der Waals surface area contributed by atoms with Gasteiger partial charge < -0.3 is 14.0 Å². The second-order valence-corrected chi connectivity index (χ2v) is 8.42. The number of hydrogen-bond donors (Lipinski definition) is 0. The van der Waals surface area contributed by atoms with Gasteiger partial charge in [0, 0.05) is 11.8 Å². The van der Waals surface area contributed by atoms with Crippen LogP contribution in [0.15, 0.2) is 97.2 Å². The number of carbonyl (C=O) groups is 1. The highest BCUT2D eigenvalue weighted by Crippen LogP contribution is 2.40. The summed E-state index contributed by atoms with van der Waals surface area (Å²) >= 11 is 0. The lowest BCUT2D eigenvalue weighted by Crippen LogP contribution is -2.08. The summed E-state index contributed by atoms with van der Waals surface area (Å²) in [6, 6.07) is 29.7. The molecule has 0 unspecified atom stereocenters. The number of fused-ring (bicyclic) bond motifs is 3. The van der Waals surface area contributed by atoms with E-state index < -0.39 is 0 Å². The van der Waals surface area contributed by atoms with Crippen LogP contribution >= 0.6 is 0 Å². The molecule has 0 atom stereocenters. The van der Waals surface area contributed by atoms with Crippen LogP contribution in [0.2, 0.25) is 0 Å². The van der Waals surface area contributed by atoms with Gasteiger partial charge in [-0.2, -0.15) is 5.10 Å². The lowest BCUT2D eigenvalue weighted by molar-refractivity contribution is 0.103. The topological polar surface area (TPSA) is 58.3 Å². The third-order valence-corrected chi connectivity index (χ3v) is 6.21. The first-order valence-electron chi connectivity index (χ1n) is 11.4. The molecule has 0 aliphatic carbocycles. The summed E-state index contributed by atoms with van der Waals surface area (Å²) in [4.78, 5) is 13.1. The Kier molecular flexibility index (Phi) is 5.19. The third kappa shape index (κ3) is 3.69. The van der Waals surface area contributed by atoms with E-state index in [-0.39, 0.29) is 5.78 Å². The molecule has 0 N–H and O–H groups in total. The normalized spacial score (nSPS) is 11.9. The fourth-order valence-electron chi connectivity index (χ4n) is 4.54. The van der Waals surface area contributed by atoms with Crippen LogP contribution in [0.25, 0.3) is 16.9 Å². The third-order valence-electron chi connectivity index (χ3n) is 6.21. The Morgan fingerprint density at radius 3 is 2.31 bits per heavy atom. The molecular weight excluding hydrogens is 438 g/mol. The fraction of sp³-hybridized carbons (Fsp3) is 0.103. The van der Waals surface area contributed by atoms with E-state index in [9.17, 15) is 4.79 Å². The number of aromatic nitrogens is 3. The minimum absolute atomic E-state index is 0.0628. The molecule has 3 aromatic carbocycles. The Hall–Kier alpha value is -4.58. The number of ether oxygens (including phenoxy) is 2. The molecular formula is C29H23N3O3. The fourth-order valence-corrected chi connectivity index (χ4v) is 4.54. The Morgan fingerprint density at radius 1 is 0.829 bits per heavy atom. The Bertz CT molecular complexity index is 1520. The van der Waals surface area contributed by atoms with E-state index in [1.54, 1.807) is 7.11 Å². The van der Waals surface area contributed by atoms with Gasteiger partial charge in [0.25, 0.3) is 0 Å². The molecule has 0 fully saturated rings. The van der Waals surface area contributed by atoms with Crippen LogP contribution in [-0.2, 0) is 13.2 Å². The van der Waals surface area contributed by atoms with Gasteiger partial charge in [0.05, 0.1) is 25.0 Å². The zero-order chi connectivity index (χ0) is 23.8. The maximum absolute atomic E-state index is 13.1. The van der Waals surface area contributed by atoms with E-state index in [0.29, 0.717) is 36.0 Å². The number of nitrogens with zero attached hydrogens (tertiary/aromatic N) is 3. The molecule has 6 nitrogen and oxygen atoms in total. The van der Waals surface area contributed by atoms with Crippen molar-refractivity contribution in [2.75, 3.05) is 7.11 Å². The van der Waals surface area contributed by atoms with Crippen molar-refractivity contribution in [1.82, 2.24) is 14.3 Å². The first kappa shape index (κ1) is 21.0.